The Hall–Kier alpha value is -1.30. The molecule has 0 saturated carbocycles. The van der Waals surface area contributed by atoms with Crippen molar-refractivity contribution in [3.63, 3.8) is 0 Å². The lowest BCUT2D eigenvalue weighted by atomic mass is 10.2. The Balaban J connectivity index is 2.29. The molecule has 104 valence electrons. The van der Waals surface area contributed by atoms with Gasteiger partial charge in [-0.05, 0) is 20.8 Å². The van der Waals surface area contributed by atoms with Crippen LogP contribution in [0.15, 0.2) is 0 Å². The summed E-state index contributed by atoms with van der Waals surface area (Å²) in [6.45, 7) is 7.37. The molecule has 1 fully saturated rings. The summed E-state index contributed by atoms with van der Waals surface area (Å²) in [5.41, 5.74) is -0.516. The lowest BCUT2D eigenvalue weighted by Crippen LogP contribution is -2.37. The molecule has 1 heterocycles. The predicted molar refractivity (Wildman–Crippen MR) is 66.0 cm³/mol. The van der Waals surface area contributed by atoms with Crippen LogP contribution in [-0.2, 0) is 14.3 Å². The third-order valence-electron chi connectivity index (χ3n) is 2.47. The fourth-order valence-electron chi connectivity index (χ4n) is 1.46. The smallest absolute Gasteiger partial charge is 0.410 e. The Kier molecular flexibility index (Phi) is 4.95. The van der Waals surface area contributed by atoms with E-state index in [2.05, 4.69) is 0 Å². The van der Waals surface area contributed by atoms with Crippen molar-refractivity contribution in [2.75, 3.05) is 33.5 Å². The first-order chi connectivity index (χ1) is 8.29. The average Bonchev–Trinajstić information content (AvgIpc) is 2.76. The molecule has 0 aromatic heterocycles. The van der Waals surface area contributed by atoms with E-state index in [4.69, 9.17) is 9.47 Å². The third kappa shape index (κ3) is 4.91. The van der Waals surface area contributed by atoms with Crippen LogP contribution < -0.4 is 0 Å². The van der Waals surface area contributed by atoms with Gasteiger partial charge in [-0.15, -0.1) is 0 Å². The highest BCUT2D eigenvalue weighted by atomic mass is 16.6. The maximum atomic E-state index is 11.7. The lowest BCUT2D eigenvalue weighted by molar-refractivity contribution is -0.131. The molecule has 0 aliphatic carbocycles. The van der Waals surface area contributed by atoms with Crippen LogP contribution in [-0.4, -0.2) is 60.9 Å². The third-order valence-corrected chi connectivity index (χ3v) is 2.47. The minimum Gasteiger partial charge on any atom is -0.444 e. The highest BCUT2D eigenvalue weighted by molar-refractivity contribution is 5.77. The molecule has 6 nitrogen and oxygen atoms in total. The van der Waals surface area contributed by atoms with Gasteiger partial charge in [0.15, 0.2) is 0 Å². The van der Waals surface area contributed by atoms with Gasteiger partial charge in [-0.1, -0.05) is 0 Å². The summed E-state index contributed by atoms with van der Waals surface area (Å²) in [7, 11) is 1.63. The van der Waals surface area contributed by atoms with E-state index in [1.54, 1.807) is 11.9 Å². The summed E-state index contributed by atoms with van der Waals surface area (Å²) >= 11 is 0. The first-order valence-corrected chi connectivity index (χ1v) is 6.09. The molecule has 1 aliphatic heterocycles. The molecule has 0 aromatic rings. The number of ether oxygens (including phenoxy) is 2. The Morgan fingerprint density at radius 1 is 1.39 bits per heavy atom. The van der Waals surface area contributed by atoms with Crippen LogP contribution in [0.5, 0.6) is 0 Å². The maximum absolute atomic E-state index is 11.7. The predicted octanol–water partition coefficient (Wildman–Crippen LogP) is 1.06. The number of amides is 2. The number of hydrogen-bond acceptors (Lipinski definition) is 4. The van der Waals surface area contributed by atoms with Crippen LogP contribution >= 0.6 is 0 Å². The summed E-state index contributed by atoms with van der Waals surface area (Å²) in [4.78, 5) is 26.4. The van der Waals surface area contributed by atoms with E-state index in [1.807, 2.05) is 20.8 Å². The van der Waals surface area contributed by atoms with Crippen LogP contribution in [0.3, 0.4) is 0 Å². The minimum atomic E-state index is -0.516. The lowest BCUT2D eigenvalue weighted by Gasteiger charge is -2.25. The number of carbonyl (C=O) groups is 2. The van der Waals surface area contributed by atoms with Crippen molar-refractivity contribution in [1.82, 2.24) is 9.80 Å². The largest absolute Gasteiger partial charge is 0.444 e. The van der Waals surface area contributed by atoms with Gasteiger partial charge in [-0.2, -0.15) is 0 Å². The normalized spacial score (nSPS) is 15.7. The zero-order valence-corrected chi connectivity index (χ0v) is 11.6. The Morgan fingerprint density at radius 3 is 2.56 bits per heavy atom. The quantitative estimate of drug-likeness (QED) is 0.759. The number of rotatable bonds is 3. The highest BCUT2D eigenvalue weighted by Crippen LogP contribution is 2.09. The molecule has 0 bridgehead atoms. The van der Waals surface area contributed by atoms with Crippen molar-refractivity contribution in [2.45, 2.75) is 32.8 Å². The summed E-state index contributed by atoms with van der Waals surface area (Å²) < 4.78 is 10.3. The second-order valence-electron chi connectivity index (χ2n) is 5.35. The van der Waals surface area contributed by atoms with E-state index in [-0.39, 0.29) is 5.91 Å². The monoisotopic (exact) mass is 258 g/mol. The van der Waals surface area contributed by atoms with Gasteiger partial charge in [0, 0.05) is 26.6 Å². The standard InChI is InChI=1S/C12H22N2O4/c1-12(2,3)18-11(16)13(4)6-5-10(15)14-7-8-17-9-14/h5-9H2,1-4H3. The first-order valence-electron chi connectivity index (χ1n) is 6.09. The fourth-order valence-corrected chi connectivity index (χ4v) is 1.46. The van der Waals surface area contributed by atoms with Crippen LogP contribution in [0.4, 0.5) is 4.79 Å². The molecule has 6 heteroatoms. The molecule has 2 amide bonds. The van der Waals surface area contributed by atoms with Gasteiger partial charge in [0.05, 0.1) is 6.61 Å². The molecular formula is C12H22N2O4. The molecule has 0 radical (unpaired) electrons. The van der Waals surface area contributed by atoms with Crippen LogP contribution in [0.25, 0.3) is 0 Å². The Bertz CT molecular complexity index is 306. The van der Waals surface area contributed by atoms with Gasteiger partial charge in [-0.3, -0.25) is 4.79 Å². The summed E-state index contributed by atoms with van der Waals surface area (Å²) in [6, 6.07) is 0. The molecule has 18 heavy (non-hydrogen) atoms. The van der Waals surface area contributed by atoms with Gasteiger partial charge in [0.1, 0.15) is 12.3 Å². The van der Waals surface area contributed by atoms with Crippen LogP contribution in [0, 0.1) is 0 Å². The molecule has 1 rings (SSSR count). The van der Waals surface area contributed by atoms with E-state index >= 15 is 0 Å². The van der Waals surface area contributed by atoms with Crippen molar-refractivity contribution in [2.24, 2.45) is 0 Å². The van der Waals surface area contributed by atoms with Gasteiger partial charge >= 0.3 is 6.09 Å². The highest BCUT2D eigenvalue weighted by Gasteiger charge is 2.22. The van der Waals surface area contributed by atoms with Crippen molar-refractivity contribution in [3.05, 3.63) is 0 Å². The van der Waals surface area contributed by atoms with E-state index in [0.717, 1.165) is 0 Å². The van der Waals surface area contributed by atoms with Crippen molar-refractivity contribution >= 4 is 12.0 Å². The average molecular weight is 258 g/mol. The molecule has 0 spiro atoms. The number of nitrogens with zero attached hydrogens (tertiary/aromatic N) is 2. The molecule has 1 aliphatic rings. The molecular weight excluding hydrogens is 236 g/mol. The van der Waals surface area contributed by atoms with E-state index in [1.165, 1.54) is 4.90 Å². The topological polar surface area (TPSA) is 59.1 Å². The van der Waals surface area contributed by atoms with Gasteiger partial charge in [-0.25, -0.2) is 4.79 Å². The second-order valence-corrected chi connectivity index (χ2v) is 5.35. The van der Waals surface area contributed by atoms with Crippen LogP contribution in [0.1, 0.15) is 27.2 Å². The number of carbonyl (C=O) groups excluding carboxylic acids is 2. The molecule has 0 N–H and O–H groups in total. The zero-order chi connectivity index (χ0) is 13.8. The SMILES string of the molecule is CN(CCC(=O)N1CCOC1)C(=O)OC(C)(C)C. The summed E-state index contributed by atoms with van der Waals surface area (Å²) in [5, 5.41) is 0. The Morgan fingerprint density at radius 2 is 2.06 bits per heavy atom. The number of hydrogen-bond donors (Lipinski definition) is 0. The molecule has 0 unspecified atom stereocenters. The maximum Gasteiger partial charge on any atom is 0.410 e. The second kappa shape index (κ2) is 6.04. The van der Waals surface area contributed by atoms with E-state index in [0.29, 0.717) is 32.8 Å². The van der Waals surface area contributed by atoms with Crippen molar-refractivity contribution in [1.29, 1.82) is 0 Å². The first kappa shape index (κ1) is 14.8. The fraction of sp³-hybridized carbons (Fsp3) is 0.833. The zero-order valence-electron chi connectivity index (χ0n) is 11.6. The molecule has 1 saturated heterocycles. The molecule has 0 aromatic carbocycles. The van der Waals surface area contributed by atoms with E-state index in [9.17, 15) is 9.59 Å². The van der Waals surface area contributed by atoms with Gasteiger partial charge < -0.3 is 19.3 Å². The minimum absolute atomic E-state index is 0.00269. The van der Waals surface area contributed by atoms with Crippen molar-refractivity contribution in [3.8, 4) is 0 Å². The van der Waals surface area contributed by atoms with Crippen LogP contribution in [0.2, 0.25) is 0 Å². The molecule has 0 atom stereocenters. The Labute approximate surface area is 108 Å². The summed E-state index contributed by atoms with van der Waals surface area (Å²) in [5.74, 6) is 0.00269. The van der Waals surface area contributed by atoms with Crippen molar-refractivity contribution < 1.29 is 19.1 Å². The van der Waals surface area contributed by atoms with Gasteiger partial charge in [0.25, 0.3) is 0 Å². The van der Waals surface area contributed by atoms with Gasteiger partial charge in [0.2, 0.25) is 5.91 Å². The van der Waals surface area contributed by atoms with E-state index < -0.39 is 11.7 Å². The summed E-state index contributed by atoms with van der Waals surface area (Å²) in [6.07, 6.45) is -0.119.